The van der Waals surface area contributed by atoms with Gasteiger partial charge in [0.2, 0.25) is 5.91 Å². The smallest absolute Gasteiger partial charge is 0.319 e. The molecule has 0 saturated heterocycles. The third kappa shape index (κ3) is 5.86. The lowest BCUT2D eigenvalue weighted by Gasteiger charge is -2.22. The van der Waals surface area contributed by atoms with Crippen LogP contribution in [-0.2, 0) is 4.79 Å². The number of amides is 3. The number of benzene rings is 2. The van der Waals surface area contributed by atoms with Gasteiger partial charge >= 0.3 is 6.03 Å². The van der Waals surface area contributed by atoms with Gasteiger partial charge in [0.1, 0.15) is 6.04 Å². The number of hydrogen-bond donors (Lipinski definition) is 3. The Labute approximate surface area is 163 Å². The van der Waals surface area contributed by atoms with E-state index in [-0.39, 0.29) is 11.8 Å². The van der Waals surface area contributed by atoms with Crippen LogP contribution in [0.5, 0.6) is 0 Å². The lowest BCUT2D eigenvalue weighted by atomic mass is 10.0. The molecule has 25 heavy (non-hydrogen) atoms. The number of anilines is 2. The Morgan fingerprint density at radius 1 is 0.960 bits per heavy atom. The van der Waals surface area contributed by atoms with Gasteiger partial charge in [-0.15, -0.1) is 0 Å². The largest absolute Gasteiger partial charge is 0.326 e. The van der Waals surface area contributed by atoms with E-state index in [9.17, 15) is 9.59 Å². The summed E-state index contributed by atoms with van der Waals surface area (Å²) in [4.78, 5) is 24.8. The number of carbonyl (C=O) groups is 2. The molecule has 0 aliphatic rings. The first-order chi connectivity index (χ1) is 11.9. The minimum absolute atomic E-state index is 0.0734. The maximum Gasteiger partial charge on any atom is 0.319 e. The van der Waals surface area contributed by atoms with Crippen molar-refractivity contribution in [2.45, 2.75) is 19.9 Å². The average molecular weight is 469 g/mol. The van der Waals surface area contributed by atoms with Gasteiger partial charge in [0, 0.05) is 14.6 Å². The van der Waals surface area contributed by atoms with Crippen molar-refractivity contribution < 1.29 is 9.59 Å². The highest BCUT2D eigenvalue weighted by molar-refractivity contribution is 9.11. The van der Waals surface area contributed by atoms with Crippen molar-refractivity contribution in [3.8, 4) is 0 Å². The van der Waals surface area contributed by atoms with Crippen molar-refractivity contribution >= 4 is 55.2 Å². The van der Waals surface area contributed by atoms with E-state index >= 15 is 0 Å². The summed E-state index contributed by atoms with van der Waals surface area (Å²) >= 11 is 6.78. The number of urea groups is 1. The Balaban J connectivity index is 2.03. The van der Waals surface area contributed by atoms with Crippen LogP contribution in [0.25, 0.3) is 0 Å². The minimum atomic E-state index is -0.667. The standard InChI is InChI=1S/C18H19Br2N3O2/c1-11(2)16(23-18(25)21-13-6-4-3-5-7-13)17(24)22-15-9-8-12(19)10-14(15)20/h3-11,16H,1-2H3,(H,22,24)(H2,21,23,25). The molecule has 132 valence electrons. The van der Waals surface area contributed by atoms with E-state index in [2.05, 4.69) is 47.8 Å². The summed E-state index contributed by atoms with van der Waals surface area (Å²) in [6.45, 7) is 3.76. The van der Waals surface area contributed by atoms with Crippen molar-refractivity contribution in [3.63, 3.8) is 0 Å². The quantitative estimate of drug-likeness (QED) is 0.578. The molecule has 0 saturated carbocycles. The zero-order chi connectivity index (χ0) is 18.4. The van der Waals surface area contributed by atoms with E-state index in [1.54, 1.807) is 18.2 Å². The normalized spacial score (nSPS) is 11.7. The van der Waals surface area contributed by atoms with Crippen LogP contribution in [0.1, 0.15) is 13.8 Å². The van der Waals surface area contributed by atoms with E-state index in [1.807, 2.05) is 44.2 Å². The molecular formula is C18H19Br2N3O2. The summed E-state index contributed by atoms with van der Waals surface area (Å²) in [5, 5.41) is 8.29. The Bertz CT molecular complexity index is 751. The molecule has 0 aliphatic heterocycles. The van der Waals surface area contributed by atoms with Crippen LogP contribution >= 0.6 is 31.9 Å². The molecule has 1 atom stereocenters. The molecule has 0 spiro atoms. The molecular weight excluding hydrogens is 450 g/mol. The molecule has 2 rings (SSSR count). The first-order valence-corrected chi connectivity index (χ1v) is 9.34. The Hall–Kier alpha value is -1.86. The minimum Gasteiger partial charge on any atom is -0.326 e. The van der Waals surface area contributed by atoms with Crippen LogP contribution in [0.3, 0.4) is 0 Å². The van der Waals surface area contributed by atoms with Crippen molar-refractivity contribution in [1.29, 1.82) is 0 Å². The molecule has 0 radical (unpaired) electrons. The molecule has 2 aromatic rings. The summed E-state index contributed by atoms with van der Waals surface area (Å²) in [5.74, 6) is -0.350. The molecule has 1 unspecified atom stereocenters. The molecule has 3 N–H and O–H groups in total. The Kier molecular flexibility index (Phi) is 7.01. The second-order valence-corrected chi connectivity index (χ2v) is 7.57. The third-order valence-electron chi connectivity index (χ3n) is 3.46. The highest BCUT2D eigenvalue weighted by Crippen LogP contribution is 2.26. The highest BCUT2D eigenvalue weighted by Gasteiger charge is 2.24. The lowest BCUT2D eigenvalue weighted by molar-refractivity contribution is -0.118. The van der Waals surface area contributed by atoms with Crippen molar-refractivity contribution in [3.05, 3.63) is 57.5 Å². The summed E-state index contributed by atoms with van der Waals surface area (Å²) in [5.41, 5.74) is 1.31. The number of nitrogens with one attached hydrogen (secondary N) is 3. The molecule has 2 aromatic carbocycles. The molecule has 0 heterocycles. The van der Waals surface area contributed by atoms with Gasteiger partial charge in [0.25, 0.3) is 0 Å². The number of hydrogen-bond acceptors (Lipinski definition) is 2. The van der Waals surface area contributed by atoms with Crippen LogP contribution < -0.4 is 16.0 Å². The van der Waals surface area contributed by atoms with Crippen molar-refractivity contribution in [2.24, 2.45) is 5.92 Å². The molecule has 0 aromatic heterocycles. The van der Waals surface area contributed by atoms with Gasteiger partial charge in [-0.25, -0.2) is 4.79 Å². The second kappa shape index (κ2) is 9.01. The van der Waals surface area contributed by atoms with E-state index in [0.717, 1.165) is 8.95 Å². The predicted octanol–water partition coefficient (Wildman–Crippen LogP) is 5.00. The predicted molar refractivity (Wildman–Crippen MR) is 108 cm³/mol. The first kappa shape index (κ1) is 19.5. The molecule has 3 amide bonds. The number of carbonyl (C=O) groups excluding carboxylic acids is 2. The van der Waals surface area contributed by atoms with Crippen molar-refractivity contribution in [2.75, 3.05) is 10.6 Å². The number of rotatable bonds is 5. The van der Waals surface area contributed by atoms with Crippen LogP contribution in [0.2, 0.25) is 0 Å². The van der Waals surface area contributed by atoms with E-state index in [1.165, 1.54) is 0 Å². The van der Waals surface area contributed by atoms with Gasteiger partial charge in [-0.3, -0.25) is 4.79 Å². The van der Waals surface area contributed by atoms with Crippen LogP contribution in [0.15, 0.2) is 57.5 Å². The number of para-hydroxylation sites is 1. The number of halogens is 2. The fourth-order valence-corrected chi connectivity index (χ4v) is 3.31. The van der Waals surface area contributed by atoms with E-state index in [0.29, 0.717) is 11.4 Å². The summed E-state index contributed by atoms with van der Waals surface area (Å²) in [7, 11) is 0. The van der Waals surface area contributed by atoms with Crippen LogP contribution in [-0.4, -0.2) is 18.0 Å². The zero-order valence-corrected chi connectivity index (χ0v) is 17.0. The molecule has 0 bridgehead atoms. The third-order valence-corrected chi connectivity index (χ3v) is 4.61. The van der Waals surface area contributed by atoms with Gasteiger partial charge in [0.15, 0.2) is 0 Å². The van der Waals surface area contributed by atoms with E-state index < -0.39 is 12.1 Å². The molecule has 5 nitrogen and oxygen atoms in total. The van der Waals surface area contributed by atoms with Crippen LogP contribution in [0, 0.1) is 5.92 Å². The van der Waals surface area contributed by atoms with E-state index in [4.69, 9.17) is 0 Å². The fraction of sp³-hybridized carbons (Fsp3) is 0.222. The average Bonchev–Trinajstić information content (AvgIpc) is 2.55. The molecule has 0 fully saturated rings. The van der Waals surface area contributed by atoms with Gasteiger partial charge in [-0.2, -0.15) is 0 Å². The lowest BCUT2D eigenvalue weighted by Crippen LogP contribution is -2.48. The van der Waals surface area contributed by atoms with Gasteiger partial charge in [0.05, 0.1) is 5.69 Å². The summed E-state index contributed by atoms with van der Waals surface area (Å²) in [6, 6.07) is 13.5. The SMILES string of the molecule is CC(C)C(NC(=O)Nc1ccccc1)C(=O)Nc1ccc(Br)cc1Br. The monoisotopic (exact) mass is 467 g/mol. The highest BCUT2D eigenvalue weighted by atomic mass is 79.9. The maximum atomic E-state index is 12.6. The summed E-state index contributed by atoms with van der Waals surface area (Å²) < 4.78 is 1.66. The molecule has 7 heteroatoms. The van der Waals surface area contributed by atoms with Gasteiger partial charge in [-0.05, 0) is 52.2 Å². The van der Waals surface area contributed by atoms with Crippen molar-refractivity contribution in [1.82, 2.24) is 5.32 Å². The van der Waals surface area contributed by atoms with Gasteiger partial charge < -0.3 is 16.0 Å². The Morgan fingerprint density at radius 3 is 2.24 bits per heavy atom. The zero-order valence-electron chi connectivity index (χ0n) is 13.8. The molecule has 0 aliphatic carbocycles. The fourth-order valence-electron chi connectivity index (χ4n) is 2.17. The maximum absolute atomic E-state index is 12.6. The topological polar surface area (TPSA) is 70.2 Å². The Morgan fingerprint density at radius 2 is 1.64 bits per heavy atom. The first-order valence-electron chi connectivity index (χ1n) is 7.75. The van der Waals surface area contributed by atoms with Crippen LogP contribution in [0.4, 0.5) is 16.2 Å². The second-order valence-electron chi connectivity index (χ2n) is 5.80. The summed E-state index contributed by atoms with van der Waals surface area (Å²) in [6.07, 6.45) is 0. The van der Waals surface area contributed by atoms with Gasteiger partial charge in [-0.1, -0.05) is 48.0 Å².